The van der Waals surface area contributed by atoms with Gasteiger partial charge in [0.05, 0.1) is 5.69 Å². The minimum atomic E-state index is 0.785. The van der Waals surface area contributed by atoms with Gasteiger partial charge in [-0.3, -0.25) is 0 Å². The molecule has 78 valence electrons. The third-order valence-corrected chi connectivity index (χ3v) is 3.26. The Morgan fingerprint density at radius 2 is 2.20 bits per heavy atom. The molecule has 4 nitrogen and oxygen atoms in total. The number of rotatable bonds is 2. The topological polar surface area (TPSA) is 43.6 Å². The lowest BCUT2D eigenvalue weighted by Gasteiger charge is -2.07. The normalized spacial score (nSPS) is 10.6. The van der Waals surface area contributed by atoms with Crippen LogP contribution in [0.2, 0.25) is 0 Å². The Morgan fingerprint density at radius 1 is 1.40 bits per heavy atom. The average Bonchev–Trinajstić information content (AvgIpc) is 2.64. The molecule has 0 radical (unpaired) electrons. The van der Waals surface area contributed by atoms with E-state index < -0.39 is 0 Å². The summed E-state index contributed by atoms with van der Waals surface area (Å²) in [4.78, 5) is 1.14. The second-order valence-electron chi connectivity index (χ2n) is 2.95. The number of hydrogen-bond acceptors (Lipinski definition) is 4. The van der Waals surface area contributed by atoms with Gasteiger partial charge in [-0.1, -0.05) is 15.9 Å². The number of tetrazole rings is 1. The summed E-state index contributed by atoms with van der Waals surface area (Å²) in [7, 11) is 0. The van der Waals surface area contributed by atoms with Crippen LogP contribution in [-0.2, 0) is 0 Å². The molecule has 0 aliphatic carbocycles. The van der Waals surface area contributed by atoms with E-state index in [-0.39, 0.29) is 0 Å². The first-order valence-corrected chi connectivity index (χ1v) is 6.33. The molecule has 0 spiro atoms. The van der Waals surface area contributed by atoms with Gasteiger partial charge in [-0.2, -0.15) is 4.68 Å². The van der Waals surface area contributed by atoms with Crippen molar-refractivity contribution in [2.24, 2.45) is 0 Å². The van der Waals surface area contributed by atoms with Crippen molar-refractivity contribution in [3.63, 3.8) is 0 Å². The predicted molar refractivity (Wildman–Crippen MR) is 63.4 cm³/mol. The van der Waals surface area contributed by atoms with Crippen LogP contribution in [0.1, 0.15) is 5.82 Å². The van der Waals surface area contributed by atoms with Crippen LogP contribution in [0.15, 0.2) is 27.6 Å². The standard InChI is InChI=1S/C9H9BrN4S/c1-6-11-12-13-14(6)8-4-3-7(10)5-9(8)15-2/h3-5H,1-2H3. The van der Waals surface area contributed by atoms with Crippen LogP contribution in [-0.4, -0.2) is 26.5 Å². The molecule has 1 aromatic carbocycles. The zero-order valence-electron chi connectivity index (χ0n) is 8.31. The molecule has 0 saturated heterocycles. The highest BCUT2D eigenvalue weighted by Crippen LogP contribution is 2.27. The molecule has 2 rings (SSSR count). The number of aryl methyl sites for hydroxylation is 1. The molecule has 2 aromatic rings. The first kappa shape index (κ1) is 10.6. The Kier molecular flexibility index (Phi) is 3.06. The summed E-state index contributed by atoms with van der Waals surface area (Å²) < 4.78 is 2.79. The van der Waals surface area contributed by atoms with Crippen molar-refractivity contribution in [2.45, 2.75) is 11.8 Å². The number of aromatic nitrogens is 4. The van der Waals surface area contributed by atoms with E-state index in [1.165, 1.54) is 0 Å². The van der Waals surface area contributed by atoms with Crippen LogP contribution in [0, 0.1) is 6.92 Å². The van der Waals surface area contributed by atoms with Gasteiger partial charge in [0.1, 0.15) is 0 Å². The molecule has 0 amide bonds. The molecule has 6 heteroatoms. The summed E-state index contributed by atoms with van der Waals surface area (Å²) >= 11 is 5.11. The third-order valence-electron chi connectivity index (χ3n) is 2.00. The summed E-state index contributed by atoms with van der Waals surface area (Å²) in [5, 5.41) is 11.5. The Balaban J connectivity index is 2.58. The molecule has 0 atom stereocenters. The van der Waals surface area contributed by atoms with Crippen LogP contribution in [0.25, 0.3) is 5.69 Å². The van der Waals surface area contributed by atoms with Crippen molar-refractivity contribution in [1.82, 2.24) is 20.2 Å². The van der Waals surface area contributed by atoms with Gasteiger partial charge < -0.3 is 0 Å². The first-order valence-electron chi connectivity index (χ1n) is 4.31. The maximum Gasteiger partial charge on any atom is 0.153 e. The third kappa shape index (κ3) is 2.05. The van der Waals surface area contributed by atoms with Crippen LogP contribution in [0.4, 0.5) is 0 Å². The summed E-state index contributed by atoms with van der Waals surface area (Å²) in [6.07, 6.45) is 2.03. The first-order chi connectivity index (χ1) is 7.22. The summed E-state index contributed by atoms with van der Waals surface area (Å²) in [5.41, 5.74) is 1.01. The number of halogens is 1. The minimum Gasteiger partial charge on any atom is -0.197 e. The fraction of sp³-hybridized carbons (Fsp3) is 0.222. The molecule has 0 unspecified atom stereocenters. The number of thioether (sulfide) groups is 1. The Hall–Kier alpha value is -0.880. The van der Waals surface area contributed by atoms with Gasteiger partial charge in [0.2, 0.25) is 0 Å². The number of hydrogen-bond donors (Lipinski definition) is 0. The van der Waals surface area contributed by atoms with E-state index >= 15 is 0 Å². The highest BCUT2D eigenvalue weighted by atomic mass is 79.9. The van der Waals surface area contributed by atoms with E-state index in [2.05, 4.69) is 37.5 Å². The smallest absolute Gasteiger partial charge is 0.153 e. The van der Waals surface area contributed by atoms with Crippen molar-refractivity contribution in [1.29, 1.82) is 0 Å². The van der Waals surface area contributed by atoms with E-state index in [9.17, 15) is 0 Å². The molecule has 0 aliphatic heterocycles. The molecular formula is C9H9BrN4S. The van der Waals surface area contributed by atoms with Crippen molar-refractivity contribution in [3.05, 3.63) is 28.5 Å². The largest absolute Gasteiger partial charge is 0.197 e. The zero-order chi connectivity index (χ0) is 10.8. The monoisotopic (exact) mass is 284 g/mol. The molecule has 0 aliphatic rings. The maximum absolute atomic E-state index is 3.95. The van der Waals surface area contributed by atoms with Gasteiger partial charge in [-0.15, -0.1) is 16.9 Å². The van der Waals surface area contributed by atoms with E-state index in [1.807, 2.05) is 25.3 Å². The van der Waals surface area contributed by atoms with Crippen LogP contribution in [0.5, 0.6) is 0 Å². The fourth-order valence-corrected chi connectivity index (χ4v) is 2.40. The molecule has 1 aromatic heterocycles. The van der Waals surface area contributed by atoms with Crippen molar-refractivity contribution in [2.75, 3.05) is 6.26 Å². The van der Waals surface area contributed by atoms with E-state index in [4.69, 9.17) is 0 Å². The Labute approximate surface area is 100 Å². The van der Waals surface area contributed by atoms with Gasteiger partial charge in [0.15, 0.2) is 5.82 Å². The van der Waals surface area contributed by atoms with Gasteiger partial charge in [0, 0.05) is 9.37 Å². The van der Waals surface area contributed by atoms with Crippen molar-refractivity contribution < 1.29 is 0 Å². The minimum absolute atomic E-state index is 0.785. The maximum atomic E-state index is 3.95. The fourth-order valence-electron chi connectivity index (χ4n) is 1.28. The lowest BCUT2D eigenvalue weighted by Crippen LogP contribution is -2.01. The van der Waals surface area contributed by atoms with Gasteiger partial charge in [-0.05, 0) is 41.8 Å². The average molecular weight is 285 g/mol. The number of nitrogens with zero attached hydrogens (tertiary/aromatic N) is 4. The summed E-state index contributed by atoms with van der Waals surface area (Å²) in [6, 6.07) is 6.04. The summed E-state index contributed by atoms with van der Waals surface area (Å²) in [5.74, 6) is 0.785. The molecule has 0 bridgehead atoms. The highest BCUT2D eigenvalue weighted by molar-refractivity contribution is 9.10. The predicted octanol–water partition coefficient (Wildman–Crippen LogP) is 2.46. The lowest BCUT2D eigenvalue weighted by molar-refractivity contribution is 0.768. The lowest BCUT2D eigenvalue weighted by atomic mass is 10.3. The highest BCUT2D eigenvalue weighted by Gasteiger charge is 2.08. The zero-order valence-corrected chi connectivity index (χ0v) is 10.7. The van der Waals surface area contributed by atoms with Crippen molar-refractivity contribution in [3.8, 4) is 5.69 Å². The Bertz CT molecular complexity index is 483. The van der Waals surface area contributed by atoms with E-state index in [1.54, 1.807) is 16.4 Å². The quantitative estimate of drug-likeness (QED) is 0.795. The molecular weight excluding hydrogens is 276 g/mol. The van der Waals surface area contributed by atoms with Gasteiger partial charge in [0.25, 0.3) is 0 Å². The van der Waals surface area contributed by atoms with Gasteiger partial charge >= 0.3 is 0 Å². The molecule has 15 heavy (non-hydrogen) atoms. The summed E-state index contributed by atoms with van der Waals surface area (Å²) in [6.45, 7) is 1.88. The van der Waals surface area contributed by atoms with Crippen LogP contribution < -0.4 is 0 Å². The second-order valence-corrected chi connectivity index (χ2v) is 4.72. The SMILES string of the molecule is CSc1cc(Br)ccc1-n1nnnc1C. The molecule has 0 fully saturated rings. The van der Waals surface area contributed by atoms with Gasteiger partial charge in [-0.25, -0.2) is 0 Å². The van der Waals surface area contributed by atoms with E-state index in [0.717, 1.165) is 20.9 Å². The Morgan fingerprint density at radius 3 is 2.80 bits per heavy atom. The second kappa shape index (κ2) is 4.32. The molecule has 0 saturated carbocycles. The van der Waals surface area contributed by atoms with Crippen molar-refractivity contribution >= 4 is 27.7 Å². The van der Waals surface area contributed by atoms with Crippen LogP contribution in [0.3, 0.4) is 0 Å². The van der Waals surface area contributed by atoms with Crippen LogP contribution >= 0.6 is 27.7 Å². The molecule has 1 heterocycles. The van der Waals surface area contributed by atoms with E-state index in [0.29, 0.717) is 0 Å². The number of benzene rings is 1. The molecule has 0 N–H and O–H groups in total.